The SMILES string of the molecule is CCn1ccnc1CC(=O)c1ccc(C)cc1Cl. The molecule has 4 heteroatoms. The number of carbonyl (C=O) groups excluding carboxylic acids is 1. The standard InChI is InChI=1S/C14H15ClN2O/c1-3-17-7-6-16-14(17)9-13(18)11-5-4-10(2)8-12(11)15/h4-8H,3,9H2,1-2H3. The second-order valence-corrected chi connectivity index (χ2v) is 4.62. The Morgan fingerprint density at radius 2 is 2.22 bits per heavy atom. The smallest absolute Gasteiger partial charge is 0.171 e. The molecule has 0 saturated carbocycles. The maximum atomic E-state index is 12.2. The highest BCUT2D eigenvalue weighted by molar-refractivity contribution is 6.34. The zero-order valence-electron chi connectivity index (χ0n) is 10.5. The van der Waals surface area contributed by atoms with Crippen LogP contribution in [0.2, 0.25) is 5.02 Å². The van der Waals surface area contributed by atoms with E-state index >= 15 is 0 Å². The van der Waals surface area contributed by atoms with Crippen molar-refractivity contribution >= 4 is 17.4 Å². The number of nitrogens with zero attached hydrogens (tertiary/aromatic N) is 2. The molecule has 0 aliphatic rings. The van der Waals surface area contributed by atoms with Crippen molar-refractivity contribution in [3.8, 4) is 0 Å². The number of ketones is 1. The number of aryl methyl sites for hydroxylation is 2. The van der Waals surface area contributed by atoms with Gasteiger partial charge in [-0.2, -0.15) is 0 Å². The van der Waals surface area contributed by atoms with Gasteiger partial charge in [0.05, 0.1) is 11.4 Å². The third-order valence-electron chi connectivity index (χ3n) is 2.89. The fraction of sp³-hybridized carbons (Fsp3) is 0.286. The van der Waals surface area contributed by atoms with Gasteiger partial charge in [0.15, 0.2) is 5.78 Å². The first-order valence-corrected chi connectivity index (χ1v) is 6.29. The normalized spacial score (nSPS) is 10.6. The van der Waals surface area contributed by atoms with E-state index in [4.69, 9.17) is 11.6 Å². The maximum Gasteiger partial charge on any atom is 0.171 e. The molecule has 1 aromatic carbocycles. The number of benzene rings is 1. The molecule has 1 heterocycles. The van der Waals surface area contributed by atoms with Gasteiger partial charge in [0.2, 0.25) is 0 Å². The number of carbonyl (C=O) groups is 1. The van der Waals surface area contributed by atoms with E-state index in [0.717, 1.165) is 17.9 Å². The summed E-state index contributed by atoms with van der Waals surface area (Å²) in [4.78, 5) is 16.4. The van der Waals surface area contributed by atoms with Gasteiger partial charge in [-0.05, 0) is 31.5 Å². The predicted octanol–water partition coefficient (Wildman–Crippen LogP) is 3.29. The van der Waals surface area contributed by atoms with Crippen molar-refractivity contribution in [2.45, 2.75) is 26.8 Å². The van der Waals surface area contributed by atoms with Gasteiger partial charge in [-0.15, -0.1) is 0 Å². The molecule has 94 valence electrons. The summed E-state index contributed by atoms with van der Waals surface area (Å²) in [5.41, 5.74) is 1.61. The highest BCUT2D eigenvalue weighted by Crippen LogP contribution is 2.19. The lowest BCUT2D eigenvalue weighted by Gasteiger charge is -2.06. The Balaban J connectivity index is 2.22. The van der Waals surface area contributed by atoms with E-state index in [9.17, 15) is 4.79 Å². The molecule has 0 atom stereocenters. The summed E-state index contributed by atoms with van der Waals surface area (Å²) in [6.07, 6.45) is 3.87. The topological polar surface area (TPSA) is 34.9 Å². The number of Topliss-reactive ketones (excluding diaryl/α,β-unsaturated/α-hetero) is 1. The maximum absolute atomic E-state index is 12.2. The molecular weight excluding hydrogens is 248 g/mol. The molecule has 0 fully saturated rings. The molecule has 2 aromatic rings. The molecule has 0 spiro atoms. The Labute approximate surface area is 111 Å². The first-order valence-electron chi connectivity index (χ1n) is 5.91. The Morgan fingerprint density at radius 3 is 2.89 bits per heavy atom. The van der Waals surface area contributed by atoms with Crippen LogP contribution in [0.3, 0.4) is 0 Å². The van der Waals surface area contributed by atoms with Crippen molar-refractivity contribution in [3.63, 3.8) is 0 Å². The largest absolute Gasteiger partial charge is 0.335 e. The molecule has 0 unspecified atom stereocenters. The summed E-state index contributed by atoms with van der Waals surface area (Å²) in [5, 5.41) is 0.509. The van der Waals surface area contributed by atoms with Crippen molar-refractivity contribution in [1.82, 2.24) is 9.55 Å². The van der Waals surface area contributed by atoms with Gasteiger partial charge in [0.25, 0.3) is 0 Å². The summed E-state index contributed by atoms with van der Waals surface area (Å²) >= 11 is 6.09. The molecule has 0 aliphatic heterocycles. The molecule has 1 aromatic heterocycles. The Bertz CT molecular complexity index is 575. The first kappa shape index (κ1) is 12.8. The number of rotatable bonds is 4. The molecule has 0 bridgehead atoms. The van der Waals surface area contributed by atoms with Crippen LogP contribution in [0.25, 0.3) is 0 Å². The average Bonchev–Trinajstić information content (AvgIpc) is 2.76. The molecule has 3 nitrogen and oxygen atoms in total. The fourth-order valence-corrected chi connectivity index (χ4v) is 2.22. The molecule has 2 rings (SSSR count). The van der Waals surface area contributed by atoms with E-state index in [2.05, 4.69) is 4.98 Å². The van der Waals surface area contributed by atoms with Crippen molar-refractivity contribution in [1.29, 1.82) is 0 Å². The first-order chi connectivity index (χ1) is 8.61. The second-order valence-electron chi connectivity index (χ2n) is 4.21. The van der Waals surface area contributed by atoms with Gasteiger partial charge in [-0.25, -0.2) is 4.98 Å². The summed E-state index contributed by atoms with van der Waals surface area (Å²) in [6, 6.07) is 5.48. The monoisotopic (exact) mass is 262 g/mol. The van der Waals surface area contributed by atoms with E-state index in [-0.39, 0.29) is 12.2 Å². The summed E-state index contributed by atoms with van der Waals surface area (Å²) in [6.45, 7) is 4.78. The third-order valence-corrected chi connectivity index (χ3v) is 3.20. The molecule has 0 N–H and O–H groups in total. The number of hydrogen-bond acceptors (Lipinski definition) is 2. The minimum Gasteiger partial charge on any atom is -0.335 e. The molecule has 0 radical (unpaired) electrons. The zero-order chi connectivity index (χ0) is 13.1. The molecule has 0 aliphatic carbocycles. The lowest BCUT2D eigenvalue weighted by atomic mass is 10.1. The van der Waals surface area contributed by atoms with Crippen LogP contribution in [-0.2, 0) is 13.0 Å². The average molecular weight is 263 g/mol. The predicted molar refractivity (Wildman–Crippen MR) is 72.1 cm³/mol. The van der Waals surface area contributed by atoms with Gasteiger partial charge < -0.3 is 4.57 Å². The van der Waals surface area contributed by atoms with E-state index in [1.165, 1.54) is 0 Å². The number of aromatic nitrogens is 2. The highest BCUT2D eigenvalue weighted by Gasteiger charge is 2.13. The van der Waals surface area contributed by atoms with Crippen molar-refractivity contribution in [2.24, 2.45) is 0 Å². The van der Waals surface area contributed by atoms with Gasteiger partial charge >= 0.3 is 0 Å². The van der Waals surface area contributed by atoms with Crippen molar-refractivity contribution in [2.75, 3.05) is 0 Å². The number of imidazole rings is 1. The quantitative estimate of drug-likeness (QED) is 0.793. The minimum absolute atomic E-state index is 0.000833. The minimum atomic E-state index is 0.000833. The van der Waals surface area contributed by atoms with Gasteiger partial charge in [0.1, 0.15) is 5.82 Å². The van der Waals surface area contributed by atoms with Crippen LogP contribution in [0.4, 0.5) is 0 Å². The van der Waals surface area contributed by atoms with Crippen LogP contribution in [0, 0.1) is 6.92 Å². The summed E-state index contributed by atoms with van der Waals surface area (Å²) in [7, 11) is 0. The number of halogens is 1. The lowest BCUT2D eigenvalue weighted by Crippen LogP contribution is -2.10. The van der Waals surface area contributed by atoms with E-state index in [0.29, 0.717) is 10.6 Å². The van der Waals surface area contributed by atoms with E-state index in [1.54, 1.807) is 18.3 Å². The van der Waals surface area contributed by atoms with Crippen LogP contribution in [0.1, 0.15) is 28.7 Å². The van der Waals surface area contributed by atoms with Crippen LogP contribution < -0.4 is 0 Å². The van der Waals surface area contributed by atoms with Crippen molar-refractivity contribution < 1.29 is 4.79 Å². The van der Waals surface area contributed by atoms with Gasteiger partial charge in [0, 0.05) is 24.5 Å². The van der Waals surface area contributed by atoms with Crippen LogP contribution in [-0.4, -0.2) is 15.3 Å². The van der Waals surface area contributed by atoms with Gasteiger partial charge in [-0.1, -0.05) is 17.7 Å². The Hall–Kier alpha value is -1.61. The second kappa shape index (κ2) is 5.36. The Morgan fingerprint density at radius 1 is 1.44 bits per heavy atom. The zero-order valence-corrected chi connectivity index (χ0v) is 11.2. The molecule has 18 heavy (non-hydrogen) atoms. The van der Waals surface area contributed by atoms with Crippen molar-refractivity contribution in [3.05, 3.63) is 52.6 Å². The molecule has 0 saturated heterocycles. The highest BCUT2D eigenvalue weighted by atomic mass is 35.5. The third kappa shape index (κ3) is 2.62. The summed E-state index contributed by atoms with van der Waals surface area (Å²) in [5.74, 6) is 0.778. The summed E-state index contributed by atoms with van der Waals surface area (Å²) < 4.78 is 1.96. The fourth-order valence-electron chi connectivity index (χ4n) is 1.88. The lowest BCUT2D eigenvalue weighted by molar-refractivity contribution is 0.0990. The van der Waals surface area contributed by atoms with E-state index in [1.807, 2.05) is 30.7 Å². The number of hydrogen-bond donors (Lipinski definition) is 0. The van der Waals surface area contributed by atoms with E-state index < -0.39 is 0 Å². The van der Waals surface area contributed by atoms with Crippen LogP contribution >= 0.6 is 11.6 Å². The Kier molecular flexibility index (Phi) is 3.82. The van der Waals surface area contributed by atoms with Crippen LogP contribution in [0.5, 0.6) is 0 Å². The molecular formula is C14H15ClN2O. The molecule has 0 amide bonds. The van der Waals surface area contributed by atoms with Gasteiger partial charge in [-0.3, -0.25) is 4.79 Å². The van der Waals surface area contributed by atoms with Crippen LogP contribution in [0.15, 0.2) is 30.6 Å².